The molecule has 0 atom stereocenters. The summed E-state index contributed by atoms with van der Waals surface area (Å²) in [6.45, 7) is 0. The molecule has 0 N–H and O–H groups in total. The van der Waals surface area contributed by atoms with Gasteiger partial charge in [0, 0.05) is 17.5 Å². The van der Waals surface area contributed by atoms with Gasteiger partial charge < -0.3 is 4.74 Å². The van der Waals surface area contributed by atoms with Gasteiger partial charge in [0.1, 0.15) is 17.4 Å². The number of carbonyl (C=O) groups excluding carboxylic acids is 1. The highest BCUT2D eigenvalue weighted by molar-refractivity contribution is 9.10. The second kappa shape index (κ2) is 6.66. The lowest BCUT2D eigenvalue weighted by molar-refractivity contribution is 0.0990. The van der Waals surface area contributed by atoms with Crippen LogP contribution in [-0.2, 0) is 6.42 Å². The van der Waals surface area contributed by atoms with E-state index in [4.69, 9.17) is 4.74 Å². The summed E-state index contributed by atoms with van der Waals surface area (Å²) in [5.41, 5.74) is 0.0998. The van der Waals surface area contributed by atoms with Crippen LogP contribution in [0.3, 0.4) is 0 Å². The molecule has 2 rings (SSSR count). The molecule has 0 fully saturated rings. The van der Waals surface area contributed by atoms with Crippen LogP contribution in [0.4, 0.5) is 8.78 Å². The largest absolute Gasteiger partial charge is 0.496 e. The zero-order valence-corrected chi connectivity index (χ0v) is 14.1. The SMILES string of the molecule is COc1ccc(C(=O)Cc2c(F)ccc(Br)c2F)cc1Br. The summed E-state index contributed by atoms with van der Waals surface area (Å²) in [4.78, 5) is 12.2. The van der Waals surface area contributed by atoms with E-state index in [1.54, 1.807) is 18.2 Å². The molecule has 0 saturated carbocycles. The fourth-order valence-corrected chi connectivity index (χ4v) is 2.75. The normalized spacial score (nSPS) is 10.5. The fraction of sp³-hybridized carbons (Fsp3) is 0.133. The predicted octanol–water partition coefficient (Wildman–Crippen LogP) is 4.92. The Morgan fingerprint density at radius 1 is 1.14 bits per heavy atom. The second-order valence-electron chi connectivity index (χ2n) is 4.27. The number of halogens is 4. The van der Waals surface area contributed by atoms with Gasteiger partial charge in [-0.1, -0.05) is 0 Å². The molecule has 0 aliphatic rings. The number of ether oxygens (including phenoxy) is 1. The maximum atomic E-state index is 13.9. The molecule has 0 heterocycles. The summed E-state index contributed by atoms with van der Waals surface area (Å²) < 4.78 is 33.3. The summed E-state index contributed by atoms with van der Waals surface area (Å²) in [6, 6.07) is 7.13. The molecule has 110 valence electrons. The topological polar surface area (TPSA) is 26.3 Å². The van der Waals surface area contributed by atoms with E-state index in [2.05, 4.69) is 31.9 Å². The van der Waals surface area contributed by atoms with Gasteiger partial charge in [-0.25, -0.2) is 8.78 Å². The van der Waals surface area contributed by atoms with Crippen LogP contribution in [-0.4, -0.2) is 12.9 Å². The molecule has 0 aliphatic heterocycles. The van der Waals surface area contributed by atoms with Crippen molar-refractivity contribution in [2.45, 2.75) is 6.42 Å². The molecular formula is C15H10Br2F2O2. The first kappa shape index (κ1) is 16.1. The van der Waals surface area contributed by atoms with Crippen LogP contribution >= 0.6 is 31.9 Å². The van der Waals surface area contributed by atoms with Gasteiger partial charge in [-0.05, 0) is 62.2 Å². The fourth-order valence-electron chi connectivity index (χ4n) is 1.83. The minimum absolute atomic E-state index is 0.127. The van der Waals surface area contributed by atoms with Gasteiger partial charge in [-0.15, -0.1) is 0 Å². The summed E-state index contributed by atoms with van der Waals surface area (Å²) in [5, 5.41) is 0. The van der Waals surface area contributed by atoms with Gasteiger partial charge in [0.25, 0.3) is 0 Å². The maximum absolute atomic E-state index is 13.9. The van der Waals surface area contributed by atoms with E-state index < -0.39 is 11.6 Å². The van der Waals surface area contributed by atoms with Crippen LogP contribution in [0.2, 0.25) is 0 Å². The first-order chi connectivity index (χ1) is 9.93. The minimum Gasteiger partial charge on any atom is -0.496 e. The smallest absolute Gasteiger partial charge is 0.167 e. The Labute approximate surface area is 137 Å². The average Bonchev–Trinajstić information content (AvgIpc) is 2.47. The van der Waals surface area contributed by atoms with Crippen molar-refractivity contribution < 1.29 is 18.3 Å². The van der Waals surface area contributed by atoms with Crippen LogP contribution in [0.25, 0.3) is 0 Å². The maximum Gasteiger partial charge on any atom is 0.167 e. The lowest BCUT2D eigenvalue weighted by atomic mass is 10.0. The van der Waals surface area contributed by atoms with E-state index >= 15 is 0 Å². The molecule has 2 aromatic carbocycles. The number of benzene rings is 2. The number of hydrogen-bond acceptors (Lipinski definition) is 2. The standard InChI is InChI=1S/C15H10Br2F2O2/c1-21-14-5-2-8(6-11(14)17)13(20)7-9-12(18)4-3-10(16)15(9)19/h2-6H,7H2,1H3. The zero-order valence-electron chi connectivity index (χ0n) is 10.9. The average molecular weight is 420 g/mol. The van der Waals surface area contributed by atoms with E-state index in [0.29, 0.717) is 15.8 Å². The second-order valence-corrected chi connectivity index (χ2v) is 5.98. The third-order valence-electron chi connectivity index (χ3n) is 2.95. The number of rotatable bonds is 4. The van der Waals surface area contributed by atoms with Crippen molar-refractivity contribution in [2.24, 2.45) is 0 Å². The van der Waals surface area contributed by atoms with Crippen molar-refractivity contribution in [2.75, 3.05) is 7.11 Å². The molecule has 0 bridgehead atoms. The van der Waals surface area contributed by atoms with Crippen molar-refractivity contribution >= 4 is 37.6 Å². The Bertz CT molecular complexity index is 702. The molecule has 0 saturated heterocycles. The highest BCUT2D eigenvalue weighted by Gasteiger charge is 2.17. The number of Topliss-reactive ketones (excluding diaryl/α,β-unsaturated/α-hetero) is 1. The first-order valence-corrected chi connectivity index (χ1v) is 7.51. The molecule has 2 nitrogen and oxygen atoms in total. The van der Waals surface area contributed by atoms with E-state index in [9.17, 15) is 13.6 Å². The van der Waals surface area contributed by atoms with Crippen molar-refractivity contribution in [1.29, 1.82) is 0 Å². The molecule has 21 heavy (non-hydrogen) atoms. The lowest BCUT2D eigenvalue weighted by Crippen LogP contribution is -2.08. The predicted molar refractivity (Wildman–Crippen MR) is 82.8 cm³/mol. The van der Waals surface area contributed by atoms with Crippen LogP contribution in [0, 0.1) is 11.6 Å². The molecule has 2 aromatic rings. The number of hydrogen-bond donors (Lipinski definition) is 0. The van der Waals surface area contributed by atoms with E-state index in [1.807, 2.05) is 0 Å². The molecular weight excluding hydrogens is 410 g/mol. The van der Waals surface area contributed by atoms with Crippen molar-refractivity contribution in [3.8, 4) is 5.75 Å². The molecule has 0 unspecified atom stereocenters. The Morgan fingerprint density at radius 3 is 2.48 bits per heavy atom. The Balaban J connectivity index is 2.30. The van der Waals surface area contributed by atoms with Crippen LogP contribution in [0.5, 0.6) is 5.75 Å². The van der Waals surface area contributed by atoms with Gasteiger partial charge >= 0.3 is 0 Å². The third-order valence-corrected chi connectivity index (χ3v) is 4.18. The lowest BCUT2D eigenvalue weighted by Gasteiger charge is -2.08. The molecule has 0 spiro atoms. The van der Waals surface area contributed by atoms with Gasteiger partial charge in [0.2, 0.25) is 0 Å². The molecule has 0 radical (unpaired) electrons. The van der Waals surface area contributed by atoms with Crippen LogP contribution in [0.15, 0.2) is 39.3 Å². The zero-order chi connectivity index (χ0) is 15.6. The first-order valence-electron chi connectivity index (χ1n) is 5.93. The highest BCUT2D eigenvalue weighted by atomic mass is 79.9. The van der Waals surface area contributed by atoms with E-state index in [1.165, 1.54) is 13.2 Å². The van der Waals surface area contributed by atoms with Crippen molar-refractivity contribution in [1.82, 2.24) is 0 Å². The van der Waals surface area contributed by atoms with E-state index in [0.717, 1.165) is 6.07 Å². The summed E-state index contributed by atoms with van der Waals surface area (Å²) in [5.74, 6) is -1.30. The molecule has 0 amide bonds. The number of ketones is 1. The third kappa shape index (κ3) is 3.49. The highest BCUT2D eigenvalue weighted by Crippen LogP contribution is 2.27. The van der Waals surface area contributed by atoms with Gasteiger partial charge in [0.15, 0.2) is 5.78 Å². The number of methoxy groups -OCH3 is 1. The van der Waals surface area contributed by atoms with Gasteiger partial charge in [-0.3, -0.25) is 4.79 Å². The molecule has 0 aromatic heterocycles. The minimum atomic E-state index is -0.754. The quantitative estimate of drug-likeness (QED) is 0.519. The van der Waals surface area contributed by atoms with Crippen LogP contribution in [0.1, 0.15) is 15.9 Å². The molecule has 6 heteroatoms. The van der Waals surface area contributed by atoms with Gasteiger partial charge in [-0.2, -0.15) is 0 Å². The summed E-state index contributed by atoms with van der Waals surface area (Å²) in [7, 11) is 1.51. The van der Waals surface area contributed by atoms with Crippen LogP contribution < -0.4 is 4.74 Å². The Hall–Kier alpha value is -1.27. The number of carbonyl (C=O) groups is 1. The Kier molecular flexibility index (Phi) is 5.11. The van der Waals surface area contributed by atoms with Gasteiger partial charge in [0.05, 0.1) is 16.1 Å². The Morgan fingerprint density at radius 2 is 1.86 bits per heavy atom. The summed E-state index contributed by atoms with van der Waals surface area (Å²) >= 11 is 6.25. The summed E-state index contributed by atoms with van der Waals surface area (Å²) in [6.07, 6.45) is -0.351. The van der Waals surface area contributed by atoms with E-state index in [-0.39, 0.29) is 22.2 Å². The molecule has 0 aliphatic carbocycles. The monoisotopic (exact) mass is 418 g/mol. The van der Waals surface area contributed by atoms with Crippen molar-refractivity contribution in [3.05, 3.63) is 62.0 Å². The van der Waals surface area contributed by atoms with Crippen molar-refractivity contribution in [3.63, 3.8) is 0 Å².